The van der Waals surface area contributed by atoms with Crippen LogP contribution in [-0.4, -0.2) is 50.0 Å². The lowest BCUT2D eigenvalue weighted by Crippen LogP contribution is -2.41. The molecule has 1 aromatic carbocycles. The number of esters is 2. The number of carbonyl (C=O) groups is 2. The number of hydrogen-bond acceptors (Lipinski definition) is 6. The van der Waals surface area contributed by atoms with E-state index in [-0.39, 0.29) is 22.6 Å². The van der Waals surface area contributed by atoms with Crippen LogP contribution < -0.4 is 0 Å². The van der Waals surface area contributed by atoms with Crippen LogP contribution in [-0.2, 0) is 26.0 Å². The van der Waals surface area contributed by atoms with E-state index in [1.54, 1.807) is 6.92 Å². The van der Waals surface area contributed by atoms with Crippen LogP contribution in [0.25, 0.3) is 0 Å². The summed E-state index contributed by atoms with van der Waals surface area (Å²) in [5.41, 5.74) is 0.767. The van der Waals surface area contributed by atoms with Crippen molar-refractivity contribution in [2.75, 3.05) is 20.8 Å². The van der Waals surface area contributed by atoms with Crippen molar-refractivity contribution < 1.29 is 27.5 Å². The molecule has 0 N–H and O–H groups in total. The minimum absolute atomic E-state index is 0.0387. The largest absolute Gasteiger partial charge is 0.465 e. The quantitative estimate of drug-likeness (QED) is 0.737. The van der Waals surface area contributed by atoms with Gasteiger partial charge in [-0.05, 0) is 37.3 Å². The third-order valence-corrected chi connectivity index (χ3v) is 6.69. The average Bonchev–Trinajstić information content (AvgIpc) is 3.16. The Kier molecular flexibility index (Phi) is 5.07. The van der Waals surface area contributed by atoms with Gasteiger partial charge in [-0.15, -0.1) is 0 Å². The molecule has 0 bridgehead atoms. The van der Waals surface area contributed by atoms with Crippen molar-refractivity contribution in [1.82, 2.24) is 8.87 Å². The standard InChI is InChI=1S/C18H20N2O6S/c1-12-15-5-4-8-19(15)9-10-20(12)27(23,24)16-11-13(17(21)25-2)6-7-14(16)18(22)26-3/h4-8,11-12H,9-10H2,1-3H3/t12-/m1/s1. The molecule has 0 fully saturated rings. The molecule has 1 aliphatic rings. The number of ether oxygens (including phenoxy) is 2. The molecule has 3 rings (SSSR count). The number of rotatable bonds is 4. The molecule has 27 heavy (non-hydrogen) atoms. The number of fused-ring (bicyclic) bond motifs is 1. The van der Waals surface area contributed by atoms with Crippen molar-refractivity contribution in [3.8, 4) is 0 Å². The first kappa shape index (κ1) is 19.1. The molecule has 2 heterocycles. The fourth-order valence-corrected chi connectivity index (χ4v) is 5.08. The van der Waals surface area contributed by atoms with E-state index in [0.717, 1.165) is 11.8 Å². The van der Waals surface area contributed by atoms with Crippen LogP contribution in [0.4, 0.5) is 0 Å². The van der Waals surface area contributed by atoms with E-state index in [4.69, 9.17) is 4.74 Å². The number of methoxy groups -OCH3 is 2. The summed E-state index contributed by atoms with van der Waals surface area (Å²) in [5, 5.41) is 0. The number of aromatic nitrogens is 1. The number of benzene rings is 1. The highest BCUT2D eigenvalue weighted by Gasteiger charge is 2.36. The summed E-state index contributed by atoms with van der Waals surface area (Å²) in [6.45, 7) is 2.52. The molecule has 0 amide bonds. The van der Waals surface area contributed by atoms with Gasteiger partial charge in [-0.2, -0.15) is 4.31 Å². The van der Waals surface area contributed by atoms with Gasteiger partial charge >= 0.3 is 11.9 Å². The number of hydrogen-bond donors (Lipinski definition) is 0. The van der Waals surface area contributed by atoms with Crippen molar-refractivity contribution in [2.45, 2.75) is 24.4 Å². The fraction of sp³-hybridized carbons (Fsp3) is 0.333. The Morgan fingerprint density at radius 3 is 2.44 bits per heavy atom. The Morgan fingerprint density at radius 2 is 1.78 bits per heavy atom. The molecule has 0 saturated carbocycles. The Labute approximate surface area is 157 Å². The highest BCUT2D eigenvalue weighted by Crippen LogP contribution is 2.33. The summed E-state index contributed by atoms with van der Waals surface area (Å²) in [4.78, 5) is 23.7. The topological polar surface area (TPSA) is 94.9 Å². The summed E-state index contributed by atoms with van der Waals surface area (Å²) in [5.74, 6) is -1.48. The molecule has 1 atom stereocenters. The second-order valence-corrected chi connectivity index (χ2v) is 7.97. The first-order chi connectivity index (χ1) is 12.8. The van der Waals surface area contributed by atoms with Gasteiger partial charge in [0.2, 0.25) is 10.0 Å². The molecule has 1 aliphatic heterocycles. The van der Waals surface area contributed by atoms with E-state index in [2.05, 4.69) is 4.74 Å². The monoisotopic (exact) mass is 392 g/mol. The van der Waals surface area contributed by atoms with Crippen molar-refractivity contribution in [2.24, 2.45) is 0 Å². The molecule has 0 saturated heterocycles. The lowest BCUT2D eigenvalue weighted by Gasteiger charge is -2.34. The summed E-state index contributed by atoms with van der Waals surface area (Å²) >= 11 is 0. The Morgan fingerprint density at radius 1 is 1.07 bits per heavy atom. The normalized spacial score (nSPS) is 17.2. The van der Waals surface area contributed by atoms with Crippen LogP contribution in [0.1, 0.15) is 39.4 Å². The van der Waals surface area contributed by atoms with Crippen molar-refractivity contribution in [1.29, 1.82) is 0 Å². The van der Waals surface area contributed by atoms with Gasteiger partial charge in [-0.25, -0.2) is 18.0 Å². The molecule has 0 unspecified atom stereocenters. The number of nitrogens with zero attached hydrogens (tertiary/aromatic N) is 2. The number of carbonyl (C=O) groups excluding carboxylic acids is 2. The summed E-state index contributed by atoms with van der Waals surface area (Å²) in [6.07, 6.45) is 1.90. The third kappa shape index (κ3) is 3.24. The lowest BCUT2D eigenvalue weighted by atomic mass is 10.1. The smallest absolute Gasteiger partial charge is 0.339 e. The van der Waals surface area contributed by atoms with Crippen LogP contribution in [0.15, 0.2) is 41.4 Å². The predicted molar refractivity (Wildman–Crippen MR) is 95.9 cm³/mol. The zero-order valence-electron chi connectivity index (χ0n) is 15.2. The first-order valence-corrected chi connectivity index (χ1v) is 9.72. The second kappa shape index (κ2) is 7.16. The van der Waals surface area contributed by atoms with E-state index < -0.39 is 28.0 Å². The predicted octanol–water partition coefficient (Wildman–Crippen LogP) is 1.83. The van der Waals surface area contributed by atoms with Crippen LogP contribution in [0.2, 0.25) is 0 Å². The van der Waals surface area contributed by atoms with Crippen LogP contribution in [0.3, 0.4) is 0 Å². The minimum Gasteiger partial charge on any atom is -0.465 e. The van der Waals surface area contributed by atoms with Crippen molar-refractivity contribution >= 4 is 22.0 Å². The van der Waals surface area contributed by atoms with E-state index in [1.807, 2.05) is 22.9 Å². The molecule has 8 nitrogen and oxygen atoms in total. The summed E-state index contributed by atoms with van der Waals surface area (Å²) in [6, 6.07) is 7.06. The van der Waals surface area contributed by atoms with Crippen molar-refractivity contribution in [3.63, 3.8) is 0 Å². The minimum atomic E-state index is -4.07. The molecule has 2 aromatic rings. The molecular formula is C18H20N2O6S. The molecule has 0 spiro atoms. The van der Waals surface area contributed by atoms with E-state index in [9.17, 15) is 18.0 Å². The maximum absolute atomic E-state index is 13.4. The van der Waals surface area contributed by atoms with Crippen LogP contribution in [0.5, 0.6) is 0 Å². The summed E-state index contributed by atoms with van der Waals surface area (Å²) < 4.78 is 39.5. The third-order valence-electron chi connectivity index (χ3n) is 4.68. The molecule has 0 aliphatic carbocycles. The van der Waals surface area contributed by atoms with Gasteiger partial charge in [0.25, 0.3) is 0 Å². The van der Waals surface area contributed by atoms with E-state index in [0.29, 0.717) is 6.54 Å². The first-order valence-electron chi connectivity index (χ1n) is 8.28. The van der Waals surface area contributed by atoms with Gasteiger partial charge in [0.15, 0.2) is 0 Å². The molecule has 9 heteroatoms. The Balaban J connectivity index is 2.12. The van der Waals surface area contributed by atoms with E-state index >= 15 is 0 Å². The molecule has 0 radical (unpaired) electrons. The average molecular weight is 392 g/mol. The van der Waals surface area contributed by atoms with Gasteiger partial charge in [-0.1, -0.05) is 0 Å². The van der Waals surface area contributed by atoms with Crippen molar-refractivity contribution in [3.05, 3.63) is 53.3 Å². The highest BCUT2D eigenvalue weighted by atomic mass is 32.2. The van der Waals surface area contributed by atoms with Gasteiger partial charge in [0, 0.05) is 25.0 Å². The Hall–Kier alpha value is -2.65. The zero-order chi connectivity index (χ0) is 19.8. The van der Waals surface area contributed by atoms with Gasteiger partial charge < -0.3 is 14.0 Å². The molecule has 144 valence electrons. The van der Waals surface area contributed by atoms with Gasteiger partial charge in [0.1, 0.15) is 0 Å². The SMILES string of the molecule is COC(=O)c1ccc(C(=O)OC)c(S(=O)(=O)N2CCn3cccc3[C@H]2C)c1. The van der Waals surface area contributed by atoms with Gasteiger partial charge in [-0.3, -0.25) is 0 Å². The second-order valence-electron chi connectivity index (χ2n) is 6.11. The molecular weight excluding hydrogens is 372 g/mol. The fourth-order valence-electron chi connectivity index (χ4n) is 3.27. The summed E-state index contributed by atoms with van der Waals surface area (Å²) in [7, 11) is -1.70. The zero-order valence-corrected chi connectivity index (χ0v) is 16.0. The van der Waals surface area contributed by atoms with Crippen LogP contribution >= 0.6 is 0 Å². The van der Waals surface area contributed by atoms with E-state index in [1.165, 1.54) is 30.7 Å². The maximum Gasteiger partial charge on any atom is 0.339 e. The van der Waals surface area contributed by atoms with Gasteiger partial charge in [0.05, 0.1) is 36.3 Å². The lowest BCUT2D eigenvalue weighted by molar-refractivity contribution is 0.0583. The maximum atomic E-state index is 13.4. The Bertz CT molecular complexity index is 995. The molecule has 1 aromatic heterocycles. The highest BCUT2D eigenvalue weighted by molar-refractivity contribution is 7.89. The number of sulfonamides is 1. The van der Waals surface area contributed by atoms with Crippen LogP contribution in [0, 0.1) is 0 Å².